The van der Waals surface area contributed by atoms with Crippen molar-refractivity contribution in [3.63, 3.8) is 0 Å². The SMILES string of the molecule is Cc1ccc(C(=O)NC2CC2)cc1[B]OC(C)(C)C(C)(C)O. The van der Waals surface area contributed by atoms with Gasteiger partial charge in [-0.2, -0.15) is 0 Å². The maximum absolute atomic E-state index is 12.1. The van der Waals surface area contributed by atoms with Gasteiger partial charge in [0.15, 0.2) is 0 Å². The summed E-state index contributed by atoms with van der Waals surface area (Å²) in [6.45, 7) is 9.07. The number of amides is 1. The molecule has 2 N–H and O–H groups in total. The topological polar surface area (TPSA) is 58.6 Å². The molecular formula is C17H25BNO3. The van der Waals surface area contributed by atoms with Gasteiger partial charge in [-0.15, -0.1) is 0 Å². The predicted molar refractivity (Wildman–Crippen MR) is 88.5 cm³/mol. The minimum absolute atomic E-state index is 0.0427. The number of benzene rings is 1. The summed E-state index contributed by atoms with van der Waals surface area (Å²) < 4.78 is 5.78. The smallest absolute Gasteiger partial charge is 0.331 e. The molecule has 0 aromatic heterocycles. The molecule has 0 aliphatic heterocycles. The Morgan fingerprint density at radius 2 is 1.95 bits per heavy atom. The molecule has 1 aromatic carbocycles. The third-order valence-corrected chi connectivity index (χ3v) is 4.41. The lowest BCUT2D eigenvalue weighted by molar-refractivity contribution is -0.0893. The van der Waals surface area contributed by atoms with Crippen molar-refractivity contribution in [1.29, 1.82) is 0 Å². The molecule has 1 fully saturated rings. The number of aliphatic hydroxyl groups is 1. The number of rotatable bonds is 6. The van der Waals surface area contributed by atoms with Gasteiger partial charge in [0.05, 0.1) is 11.2 Å². The Labute approximate surface area is 133 Å². The average Bonchev–Trinajstić information content (AvgIpc) is 3.20. The van der Waals surface area contributed by atoms with Crippen LogP contribution in [0, 0.1) is 6.92 Å². The largest absolute Gasteiger partial charge is 0.427 e. The monoisotopic (exact) mass is 302 g/mol. The van der Waals surface area contributed by atoms with Crippen molar-refractivity contribution in [2.75, 3.05) is 0 Å². The number of hydrogen-bond donors (Lipinski definition) is 2. The van der Waals surface area contributed by atoms with Crippen molar-refractivity contribution in [3.8, 4) is 0 Å². The Morgan fingerprint density at radius 1 is 1.32 bits per heavy atom. The first-order valence-electron chi connectivity index (χ1n) is 7.75. The van der Waals surface area contributed by atoms with E-state index in [1.165, 1.54) is 0 Å². The molecule has 0 spiro atoms. The van der Waals surface area contributed by atoms with E-state index < -0.39 is 11.2 Å². The highest BCUT2D eigenvalue weighted by molar-refractivity contribution is 6.48. The van der Waals surface area contributed by atoms with E-state index >= 15 is 0 Å². The Bertz CT molecular complexity index is 560. The van der Waals surface area contributed by atoms with Gasteiger partial charge in [-0.3, -0.25) is 4.79 Å². The van der Waals surface area contributed by atoms with Crippen LogP contribution in [0.3, 0.4) is 0 Å². The standard InChI is InChI=1S/C17H25BNO3/c1-11-6-7-12(15(20)19-13-8-9-13)10-14(11)18-22-17(4,5)16(2,3)21/h6-7,10,13,21H,8-9H2,1-5H3,(H,19,20). The van der Waals surface area contributed by atoms with Crippen LogP contribution in [-0.4, -0.2) is 35.7 Å². The molecule has 1 saturated carbocycles. The highest BCUT2D eigenvalue weighted by Crippen LogP contribution is 2.24. The number of carbonyl (C=O) groups is 1. The maximum Gasteiger partial charge on any atom is 0.331 e. The molecule has 1 radical (unpaired) electrons. The van der Waals surface area contributed by atoms with E-state index in [4.69, 9.17) is 4.65 Å². The minimum atomic E-state index is -0.974. The molecule has 1 aliphatic carbocycles. The van der Waals surface area contributed by atoms with E-state index in [2.05, 4.69) is 5.32 Å². The van der Waals surface area contributed by atoms with Crippen molar-refractivity contribution in [2.24, 2.45) is 0 Å². The summed E-state index contributed by atoms with van der Waals surface area (Å²) >= 11 is 0. The lowest BCUT2D eigenvalue weighted by Gasteiger charge is -2.37. The van der Waals surface area contributed by atoms with E-state index in [0.29, 0.717) is 11.6 Å². The molecule has 0 saturated heterocycles. The Hall–Kier alpha value is -1.33. The van der Waals surface area contributed by atoms with Crippen LogP contribution in [0.25, 0.3) is 0 Å². The fraction of sp³-hybridized carbons (Fsp3) is 0.588. The predicted octanol–water partition coefficient (Wildman–Crippen LogP) is 1.70. The van der Waals surface area contributed by atoms with Gasteiger partial charge in [0.2, 0.25) is 0 Å². The molecule has 0 atom stereocenters. The zero-order valence-corrected chi connectivity index (χ0v) is 14.1. The summed E-state index contributed by atoms with van der Waals surface area (Å²) in [5.74, 6) is -0.0427. The molecule has 0 heterocycles. The van der Waals surface area contributed by atoms with Gasteiger partial charge in [0.1, 0.15) is 0 Å². The summed E-state index contributed by atoms with van der Waals surface area (Å²) in [6.07, 6.45) is 2.14. The maximum atomic E-state index is 12.1. The first kappa shape index (κ1) is 17.0. The number of hydrogen-bond acceptors (Lipinski definition) is 3. The minimum Gasteiger partial charge on any atom is -0.427 e. The zero-order valence-electron chi connectivity index (χ0n) is 14.1. The van der Waals surface area contributed by atoms with Crippen LogP contribution in [0.5, 0.6) is 0 Å². The van der Waals surface area contributed by atoms with Crippen molar-refractivity contribution in [1.82, 2.24) is 5.32 Å². The molecule has 5 heteroatoms. The van der Waals surface area contributed by atoms with Crippen LogP contribution in [0.15, 0.2) is 18.2 Å². The van der Waals surface area contributed by atoms with Gasteiger partial charge in [-0.1, -0.05) is 17.7 Å². The quantitative estimate of drug-likeness (QED) is 0.786. The first-order valence-corrected chi connectivity index (χ1v) is 7.75. The number of nitrogens with one attached hydrogen (secondary N) is 1. The van der Waals surface area contributed by atoms with Crippen molar-refractivity contribution in [2.45, 2.75) is 64.7 Å². The molecule has 1 aliphatic rings. The van der Waals surface area contributed by atoms with Crippen LogP contribution in [0.2, 0.25) is 0 Å². The highest BCUT2D eigenvalue weighted by atomic mass is 16.5. The summed E-state index contributed by atoms with van der Waals surface area (Å²) in [7, 11) is 1.63. The molecule has 22 heavy (non-hydrogen) atoms. The second-order valence-corrected chi connectivity index (χ2v) is 7.12. The third-order valence-electron chi connectivity index (χ3n) is 4.41. The van der Waals surface area contributed by atoms with Crippen LogP contribution < -0.4 is 10.8 Å². The van der Waals surface area contributed by atoms with Gasteiger partial charge < -0.3 is 15.1 Å². The summed E-state index contributed by atoms with van der Waals surface area (Å²) in [5, 5.41) is 13.1. The lowest BCUT2D eigenvalue weighted by atomic mass is 9.80. The third kappa shape index (κ3) is 4.11. The molecule has 4 nitrogen and oxygen atoms in total. The Morgan fingerprint density at radius 3 is 2.50 bits per heavy atom. The second kappa shape index (κ2) is 6.05. The molecule has 0 unspecified atom stereocenters. The molecule has 0 bridgehead atoms. The Balaban J connectivity index is 2.08. The van der Waals surface area contributed by atoms with Gasteiger partial charge in [-0.05, 0) is 59.0 Å². The van der Waals surface area contributed by atoms with Crippen molar-refractivity contribution in [3.05, 3.63) is 29.3 Å². The second-order valence-electron chi connectivity index (χ2n) is 7.12. The molecule has 2 rings (SSSR count). The van der Waals surface area contributed by atoms with Crippen molar-refractivity contribution >= 4 is 18.9 Å². The van der Waals surface area contributed by atoms with E-state index in [-0.39, 0.29) is 5.91 Å². The van der Waals surface area contributed by atoms with E-state index in [1.54, 1.807) is 21.3 Å². The number of aryl methyl sites for hydroxylation is 1. The zero-order chi connectivity index (χ0) is 16.5. The summed E-state index contributed by atoms with van der Waals surface area (Å²) in [5.41, 5.74) is 0.799. The van der Waals surface area contributed by atoms with Gasteiger partial charge in [0.25, 0.3) is 5.91 Å². The van der Waals surface area contributed by atoms with Crippen molar-refractivity contribution < 1.29 is 14.6 Å². The molecule has 1 aromatic rings. The van der Waals surface area contributed by atoms with Crippen LogP contribution >= 0.6 is 0 Å². The molecule has 119 valence electrons. The highest BCUT2D eigenvalue weighted by Gasteiger charge is 2.35. The van der Waals surface area contributed by atoms with Crippen LogP contribution in [-0.2, 0) is 4.65 Å². The first-order chi connectivity index (χ1) is 10.1. The van der Waals surface area contributed by atoms with E-state index in [1.807, 2.05) is 39.0 Å². The lowest BCUT2D eigenvalue weighted by Crippen LogP contribution is -2.49. The summed E-state index contributed by atoms with van der Waals surface area (Å²) in [4.78, 5) is 12.1. The normalized spacial score (nSPS) is 15.5. The Kier molecular flexibility index (Phi) is 4.69. The van der Waals surface area contributed by atoms with Crippen LogP contribution in [0.4, 0.5) is 0 Å². The molecule has 1 amide bonds. The fourth-order valence-electron chi connectivity index (χ4n) is 1.76. The van der Waals surface area contributed by atoms with Crippen LogP contribution in [0.1, 0.15) is 56.5 Å². The van der Waals surface area contributed by atoms with Gasteiger partial charge >= 0.3 is 7.48 Å². The fourth-order valence-corrected chi connectivity index (χ4v) is 1.76. The number of carbonyl (C=O) groups excluding carboxylic acids is 1. The molecular weight excluding hydrogens is 277 g/mol. The van der Waals surface area contributed by atoms with Gasteiger partial charge in [-0.25, -0.2) is 0 Å². The van der Waals surface area contributed by atoms with E-state index in [9.17, 15) is 9.90 Å². The summed E-state index contributed by atoms with van der Waals surface area (Å²) in [6, 6.07) is 5.90. The average molecular weight is 302 g/mol. The van der Waals surface area contributed by atoms with E-state index in [0.717, 1.165) is 23.9 Å². The van der Waals surface area contributed by atoms with Gasteiger partial charge in [0, 0.05) is 11.6 Å².